The second kappa shape index (κ2) is 6.89. The fourth-order valence-electron chi connectivity index (χ4n) is 2.37. The minimum atomic E-state index is -3.49. The number of likely N-dealkylation sites (tertiary alicyclic amines) is 1. The van der Waals surface area contributed by atoms with Crippen LogP contribution in [-0.4, -0.2) is 38.4 Å². The van der Waals surface area contributed by atoms with Gasteiger partial charge in [-0.3, -0.25) is 4.79 Å². The maximum atomic E-state index is 12.3. The van der Waals surface area contributed by atoms with Gasteiger partial charge < -0.3 is 4.90 Å². The fourth-order valence-corrected chi connectivity index (χ4v) is 3.94. The average molecular weight is 375 g/mol. The van der Waals surface area contributed by atoms with Crippen molar-refractivity contribution in [2.24, 2.45) is 0 Å². The number of benzene rings is 1. The molecule has 0 saturated carbocycles. The molecule has 0 aromatic heterocycles. The van der Waals surface area contributed by atoms with Crippen molar-refractivity contribution in [1.82, 2.24) is 9.62 Å². The van der Waals surface area contributed by atoms with Gasteiger partial charge >= 0.3 is 0 Å². The number of halogens is 1. The molecule has 21 heavy (non-hydrogen) atoms. The van der Waals surface area contributed by atoms with Gasteiger partial charge in [0.15, 0.2) is 0 Å². The van der Waals surface area contributed by atoms with Crippen LogP contribution in [0.1, 0.15) is 26.2 Å². The number of piperidine rings is 1. The van der Waals surface area contributed by atoms with Crippen LogP contribution in [0.3, 0.4) is 0 Å². The summed E-state index contributed by atoms with van der Waals surface area (Å²) >= 11 is 3.28. The Hall–Kier alpha value is -0.920. The first kappa shape index (κ1) is 16.5. The van der Waals surface area contributed by atoms with Crippen LogP contribution in [0.2, 0.25) is 0 Å². The Morgan fingerprint density at radius 3 is 2.38 bits per heavy atom. The van der Waals surface area contributed by atoms with E-state index in [1.54, 1.807) is 29.2 Å². The van der Waals surface area contributed by atoms with Crippen molar-refractivity contribution in [3.8, 4) is 0 Å². The number of carbonyl (C=O) groups excluding carboxylic acids is 1. The SMILES string of the molecule is CCC(=O)N1CCC(NS(=O)(=O)c2ccc(Br)cc2)CC1. The molecule has 1 aliphatic heterocycles. The predicted octanol–water partition coefficient (Wildman–Crippen LogP) is 2.13. The summed E-state index contributed by atoms with van der Waals surface area (Å²) in [5, 5.41) is 0. The van der Waals surface area contributed by atoms with E-state index in [2.05, 4.69) is 20.7 Å². The van der Waals surface area contributed by atoms with Crippen LogP contribution < -0.4 is 4.72 Å². The third kappa shape index (κ3) is 4.28. The summed E-state index contributed by atoms with van der Waals surface area (Å²) in [4.78, 5) is 13.7. The van der Waals surface area contributed by atoms with Gasteiger partial charge in [0.2, 0.25) is 15.9 Å². The summed E-state index contributed by atoms with van der Waals surface area (Å²) in [6.45, 7) is 3.06. The van der Waals surface area contributed by atoms with E-state index in [1.165, 1.54) is 0 Å². The minimum absolute atomic E-state index is 0.112. The molecule has 0 aliphatic carbocycles. The van der Waals surface area contributed by atoms with Gasteiger partial charge in [0, 0.05) is 30.0 Å². The normalized spacial score (nSPS) is 17.0. The molecule has 1 aromatic carbocycles. The fraction of sp³-hybridized carbons (Fsp3) is 0.500. The van der Waals surface area contributed by atoms with Crippen LogP contribution >= 0.6 is 15.9 Å². The Bertz CT molecular complexity index is 593. The zero-order valence-corrected chi connectivity index (χ0v) is 14.3. The van der Waals surface area contributed by atoms with Gasteiger partial charge in [0.05, 0.1) is 4.90 Å². The summed E-state index contributed by atoms with van der Waals surface area (Å²) in [7, 11) is -3.49. The third-order valence-electron chi connectivity index (χ3n) is 3.60. The van der Waals surface area contributed by atoms with Gasteiger partial charge in [-0.2, -0.15) is 0 Å². The topological polar surface area (TPSA) is 66.5 Å². The quantitative estimate of drug-likeness (QED) is 0.877. The minimum Gasteiger partial charge on any atom is -0.343 e. The van der Waals surface area contributed by atoms with E-state index in [9.17, 15) is 13.2 Å². The molecule has 1 amide bonds. The molecule has 0 atom stereocenters. The zero-order valence-electron chi connectivity index (χ0n) is 11.9. The lowest BCUT2D eigenvalue weighted by Gasteiger charge is -2.32. The van der Waals surface area contributed by atoms with Crippen LogP contribution in [0, 0.1) is 0 Å². The van der Waals surface area contributed by atoms with E-state index in [0.717, 1.165) is 4.47 Å². The first-order valence-electron chi connectivity index (χ1n) is 6.98. The molecule has 1 fully saturated rings. The highest BCUT2D eigenvalue weighted by atomic mass is 79.9. The van der Waals surface area contributed by atoms with Gasteiger partial charge in [-0.25, -0.2) is 13.1 Å². The standard InChI is InChI=1S/C14H19BrN2O3S/c1-2-14(18)17-9-7-12(8-10-17)16-21(19,20)13-5-3-11(15)4-6-13/h3-6,12,16H,2,7-10H2,1H3. The van der Waals surface area contributed by atoms with Crippen molar-refractivity contribution < 1.29 is 13.2 Å². The lowest BCUT2D eigenvalue weighted by atomic mass is 10.1. The molecule has 116 valence electrons. The summed E-state index contributed by atoms with van der Waals surface area (Å²) < 4.78 is 28.1. The van der Waals surface area contributed by atoms with Gasteiger partial charge in [-0.05, 0) is 37.1 Å². The largest absolute Gasteiger partial charge is 0.343 e. The van der Waals surface area contributed by atoms with Crippen LogP contribution in [0.4, 0.5) is 0 Å². The van der Waals surface area contributed by atoms with Gasteiger partial charge in [-0.15, -0.1) is 0 Å². The molecule has 1 saturated heterocycles. The second-order valence-corrected chi connectivity index (χ2v) is 7.71. The van der Waals surface area contributed by atoms with Crippen LogP contribution in [0.15, 0.2) is 33.6 Å². The smallest absolute Gasteiger partial charge is 0.240 e. The maximum Gasteiger partial charge on any atom is 0.240 e. The Labute approximate surface area is 133 Å². The lowest BCUT2D eigenvalue weighted by Crippen LogP contribution is -2.46. The molecule has 0 unspecified atom stereocenters. The molecule has 0 radical (unpaired) electrons. The summed E-state index contributed by atoms with van der Waals surface area (Å²) in [5.74, 6) is 0.129. The first-order chi connectivity index (χ1) is 9.92. The molecule has 0 bridgehead atoms. The van der Waals surface area contributed by atoms with Crippen LogP contribution in [0.5, 0.6) is 0 Å². The second-order valence-electron chi connectivity index (χ2n) is 5.08. The Balaban J connectivity index is 1.96. The number of carbonyl (C=O) groups is 1. The highest BCUT2D eigenvalue weighted by Crippen LogP contribution is 2.17. The molecule has 5 nitrogen and oxygen atoms in total. The van der Waals surface area contributed by atoms with Crippen molar-refractivity contribution in [1.29, 1.82) is 0 Å². The number of hydrogen-bond acceptors (Lipinski definition) is 3. The number of hydrogen-bond donors (Lipinski definition) is 1. The Morgan fingerprint density at radius 1 is 1.29 bits per heavy atom. The van der Waals surface area contributed by atoms with Crippen molar-refractivity contribution in [2.75, 3.05) is 13.1 Å². The summed E-state index contributed by atoms with van der Waals surface area (Å²) in [5.41, 5.74) is 0. The molecule has 7 heteroatoms. The van der Waals surface area contributed by atoms with Gasteiger partial charge in [0.25, 0.3) is 0 Å². The molecule has 0 spiro atoms. The van der Waals surface area contributed by atoms with Crippen molar-refractivity contribution in [3.05, 3.63) is 28.7 Å². The van der Waals surface area contributed by atoms with Crippen molar-refractivity contribution in [2.45, 2.75) is 37.1 Å². The van der Waals surface area contributed by atoms with Crippen molar-refractivity contribution in [3.63, 3.8) is 0 Å². The van der Waals surface area contributed by atoms with Gasteiger partial charge in [0.1, 0.15) is 0 Å². The molecule has 1 aromatic rings. The monoisotopic (exact) mass is 374 g/mol. The average Bonchev–Trinajstić information content (AvgIpc) is 2.47. The van der Waals surface area contributed by atoms with Crippen LogP contribution in [0.25, 0.3) is 0 Å². The molecular weight excluding hydrogens is 356 g/mol. The highest BCUT2D eigenvalue weighted by Gasteiger charge is 2.25. The number of nitrogens with one attached hydrogen (secondary N) is 1. The van der Waals surface area contributed by atoms with Crippen LogP contribution in [-0.2, 0) is 14.8 Å². The Kier molecular flexibility index (Phi) is 5.40. The number of rotatable bonds is 4. The predicted molar refractivity (Wildman–Crippen MR) is 84.4 cm³/mol. The van der Waals surface area contributed by atoms with E-state index in [-0.39, 0.29) is 16.8 Å². The van der Waals surface area contributed by atoms with Crippen molar-refractivity contribution >= 4 is 31.9 Å². The maximum absolute atomic E-state index is 12.3. The first-order valence-corrected chi connectivity index (χ1v) is 9.25. The number of sulfonamides is 1. The molecular formula is C14H19BrN2O3S. The van der Waals surface area contributed by atoms with E-state index in [0.29, 0.717) is 32.4 Å². The van der Waals surface area contributed by atoms with E-state index < -0.39 is 10.0 Å². The van der Waals surface area contributed by atoms with Gasteiger partial charge in [-0.1, -0.05) is 22.9 Å². The lowest BCUT2D eigenvalue weighted by molar-refractivity contribution is -0.131. The number of nitrogens with zero attached hydrogens (tertiary/aromatic N) is 1. The highest BCUT2D eigenvalue weighted by molar-refractivity contribution is 9.10. The molecule has 1 aliphatic rings. The van der Waals surface area contributed by atoms with E-state index in [1.807, 2.05) is 6.92 Å². The summed E-state index contributed by atoms with van der Waals surface area (Å²) in [6, 6.07) is 6.44. The molecule has 1 N–H and O–H groups in total. The van der Waals surface area contributed by atoms with E-state index >= 15 is 0 Å². The number of amides is 1. The van der Waals surface area contributed by atoms with E-state index in [4.69, 9.17) is 0 Å². The molecule has 1 heterocycles. The third-order valence-corrected chi connectivity index (χ3v) is 5.66. The summed E-state index contributed by atoms with van der Waals surface area (Å²) in [6.07, 6.45) is 1.80. The Morgan fingerprint density at radius 2 is 1.86 bits per heavy atom. The zero-order chi connectivity index (χ0) is 15.5. The molecule has 2 rings (SSSR count).